The van der Waals surface area contributed by atoms with Gasteiger partial charge in [-0.05, 0) is 44.5 Å². The van der Waals surface area contributed by atoms with Crippen molar-refractivity contribution in [3.63, 3.8) is 0 Å². The highest BCUT2D eigenvalue weighted by molar-refractivity contribution is 7.89. The fraction of sp³-hybridized carbons (Fsp3) is 0.368. The van der Waals surface area contributed by atoms with Crippen LogP contribution < -0.4 is 5.14 Å². The van der Waals surface area contributed by atoms with Crippen molar-refractivity contribution in [3.8, 4) is 0 Å². The van der Waals surface area contributed by atoms with Gasteiger partial charge >= 0.3 is 0 Å². The normalized spacial score (nSPS) is 12.6. The lowest BCUT2D eigenvalue weighted by Crippen LogP contribution is -2.29. The number of rotatable bonds is 7. The number of nitrogens with zero attached hydrogens (tertiary/aromatic N) is 1. The zero-order chi connectivity index (χ0) is 20.4. The molecule has 0 fully saturated rings. The Labute approximate surface area is 159 Å². The van der Waals surface area contributed by atoms with E-state index >= 15 is 0 Å². The molecule has 0 aliphatic rings. The summed E-state index contributed by atoms with van der Waals surface area (Å²) in [6, 6.07) is 7.58. The molecular weight excluding hydrogens is 368 g/mol. The number of ketones is 1. The third kappa shape index (κ3) is 5.05. The molecule has 7 nitrogen and oxygen atoms in total. The summed E-state index contributed by atoms with van der Waals surface area (Å²) in [4.78, 5) is 25.6. The number of benzene rings is 1. The molecule has 146 valence electrons. The number of furan rings is 1. The Bertz CT molecular complexity index is 945. The first-order valence-corrected chi connectivity index (χ1v) is 10.0. The molecule has 0 aliphatic heterocycles. The third-order valence-corrected chi connectivity index (χ3v) is 5.53. The highest BCUT2D eigenvalue weighted by Crippen LogP contribution is 2.22. The molecule has 1 atom stereocenters. The number of carbonyl (C=O) groups is 2. The van der Waals surface area contributed by atoms with E-state index in [0.29, 0.717) is 23.5 Å². The van der Waals surface area contributed by atoms with E-state index in [1.165, 1.54) is 19.1 Å². The Balaban J connectivity index is 2.01. The Morgan fingerprint density at radius 3 is 2.30 bits per heavy atom. The smallest absolute Gasteiger partial charge is 0.238 e. The molecular formula is C19H24N2O5S. The van der Waals surface area contributed by atoms with Gasteiger partial charge in [0.05, 0.1) is 16.5 Å². The second-order valence-electron chi connectivity index (χ2n) is 6.53. The Hall–Kier alpha value is -2.45. The van der Waals surface area contributed by atoms with Crippen LogP contribution in [-0.4, -0.2) is 32.1 Å². The first-order valence-electron chi connectivity index (χ1n) is 8.49. The zero-order valence-corrected chi connectivity index (χ0v) is 16.7. The van der Waals surface area contributed by atoms with Crippen molar-refractivity contribution in [2.45, 2.75) is 44.6 Å². The fourth-order valence-corrected chi connectivity index (χ4v) is 3.31. The number of hydrogen-bond donors (Lipinski definition) is 1. The topological polar surface area (TPSA) is 111 Å². The quantitative estimate of drug-likeness (QED) is 0.728. The molecule has 0 radical (unpaired) electrons. The number of carbonyl (C=O) groups excluding carboxylic acids is 2. The van der Waals surface area contributed by atoms with E-state index in [0.717, 1.165) is 5.56 Å². The summed E-state index contributed by atoms with van der Waals surface area (Å²) >= 11 is 0. The van der Waals surface area contributed by atoms with Gasteiger partial charge in [-0.1, -0.05) is 12.1 Å². The molecule has 0 bridgehead atoms. The number of aryl methyl sites for hydroxylation is 2. The van der Waals surface area contributed by atoms with Crippen LogP contribution in [0, 0.1) is 6.92 Å². The third-order valence-electron chi connectivity index (χ3n) is 4.60. The standard InChI is InChI=1S/C19H24N2O5S/c1-12(15-5-8-17(9-6-15)27(20,24)25)21(4)19(23)10-7-16-11-18(13(2)22)14(3)26-16/h5-6,8-9,11-12H,7,10H2,1-4H3,(H2,20,24,25)/t12-/m1/s1. The van der Waals surface area contributed by atoms with Gasteiger partial charge in [0.15, 0.2) is 5.78 Å². The lowest BCUT2D eigenvalue weighted by atomic mass is 10.1. The van der Waals surface area contributed by atoms with E-state index in [1.807, 2.05) is 6.92 Å². The molecule has 1 heterocycles. The molecule has 0 unspecified atom stereocenters. The van der Waals surface area contributed by atoms with E-state index in [1.54, 1.807) is 37.1 Å². The van der Waals surface area contributed by atoms with Crippen molar-refractivity contribution in [2.24, 2.45) is 5.14 Å². The zero-order valence-electron chi connectivity index (χ0n) is 15.9. The molecule has 1 aromatic carbocycles. The fourth-order valence-electron chi connectivity index (χ4n) is 2.80. The average Bonchev–Trinajstić information content (AvgIpc) is 2.98. The van der Waals surface area contributed by atoms with Gasteiger partial charge in [-0.3, -0.25) is 9.59 Å². The highest BCUT2D eigenvalue weighted by Gasteiger charge is 2.19. The lowest BCUT2D eigenvalue weighted by molar-refractivity contribution is -0.131. The summed E-state index contributed by atoms with van der Waals surface area (Å²) in [5, 5.41) is 5.09. The SMILES string of the molecule is CC(=O)c1cc(CCC(=O)N(C)[C@H](C)c2ccc(S(N)(=O)=O)cc2)oc1C. The van der Waals surface area contributed by atoms with Crippen LogP contribution >= 0.6 is 0 Å². The van der Waals surface area contributed by atoms with Crippen LogP contribution in [0.15, 0.2) is 39.6 Å². The number of amides is 1. The van der Waals surface area contributed by atoms with Crippen LogP contribution in [0.5, 0.6) is 0 Å². The van der Waals surface area contributed by atoms with Crippen LogP contribution in [0.1, 0.15) is 53.8 Å². The van der Waals surface area contributed by atoms with Crippen molar-refractivity contribution in [1.29, 1.82) is 0 Å². The van der Waals surface area contributed by atoms with Crippen molar-refractivity contribution in [1.82, 2.24) is 4.90 Å². The summed E-state index contributed by atoms with van der Waals surface area (Å²) in [6.45, 7) is 5.06. The predicted molar refractivity (Wildman–Crippen MR) is 101 cm³/mol. The summed E-state index contributed by atoms with van der Waals surface area (Å²) < 4.78 is 28.2. The molecule has 0 saturated carbocycles. The highest BCUT2D eigenvalue weighted by atomic mass is 32.2. The maximum Gasteiger partial charge on any atom is 0.238 e. The lowest BCUT2D eigenvalue weighted by Gasteiger charge is -2.25. The van der Waals surface area contributed by atoms with E-state index in [2.05, 4.69) is 0 Å². The van der Waals surface area contributed by atoms with Gasteiger partial charge in [-0.25, -0.2) is 13.6 Å². The van der Waals surface area contributed by atoms with Crippen molar-refractivity contribution in [2.75, 3.05) is 7.05 Å². The molecule has 27 heavy (non-hydrogen) atoms. The van der Waals surface area contributed by atoms with Crippen molar-refractivity contribution >= 4 is 21.7 Å². The van der Waals surface area contributed by atoms with Gasteiger partial charge in [0, 0.05) is 19.9 Å². The molecule has 1 amide bonds. The van der Waals surface area contributed by atoms with E-state index < -0.39 is 10.0 Å². The maximum atomic E-state index is 12.5. The number of Topliss-reactive ketones (excluding diaryl/α,β-unsaturated/α-hetero) is 1. The number of nitrogens with two attached hydrogens (primary N) is 1. The molecule has 2 rings (SSSR count). The first-order chi connectivity index (χ1) is 12.5. The number of hydrogen-bond acceptors (Lipinski definition) is 5. The van der Waals surface area contributed by atoms with Gasteiger partial charge in [-0.2, -0.15) is 0 Å². The summed E-state index contributed by atoms with van der Waals surface area (Å²) in [5.41, 5.74) is 1.33. The number of sulfonamides is 1. The van der Waals surface area contributed by atoms with Gasteiger partial charge in [0.1, 0.15) is 11.5 Å². The summed E-state index contributed by atoms with van der Waals surface area (Å²) in [7, 11) is -2.05. The second-order valence-corrected chi connectivity index (χ2v) is 8.09. The maximum absolute atomic E-state index is 12.5. The Morgan fingerprint density at radius 1 is 1.22 bits per heavy atom. The van der Waals surface area contributed by atoms with Gasteiger partial charge in [-0.15, -0.1) is 0 Å². The summed E-state index contributed by atoms with van der Waals surface area (Å²) in [5.74, 6) is 1.00. The van der Waals surface area contributed by atoms with Gasteiger partial charge < -0.3 is 9.32 Å². The number of primary sulfonamides is 1. The van der Waals surface area contributed by atoms with E-state index in [9.17, 15) is 18.0 Å². The van der Waals surface area contributed by atoms with Gasteiger partial charge in [0.2, 0.25) is 15.9 Å². The van der Waals surface area contributed by atoms with Crippen LogP contribution in [0.25, 0.3) is 0 Å². The first kappa shape index (κ1) is 20.9. The van der Waals surface area contributed by atoms with Crippen LogP contribution in [0.3, 0.4) is 0 Å². The van der Waals surface area contributed by atoms with Crippen LogP contribution in [0.2, 0.25) is 0 Å². The second kappa shape index (κ2) is 8.06. The van der Waals surface area contributed by atoms with Crippen LogP contribution in [-0.2, 0) is 21.2 Å². The minimum Gasteiger partial charge on any atom is -0.466 e. The Kier molecular flexibility index (Phi) is 6.22. The van der Waals surface area contributed by atoms with Crippen LogP contribution in [0.4, 0.5) is 0 Å². The summed E-state index contributed by atoms with van der Waals surface area (Å²) in [6.07, 6.45) is 0.634. The molecule has 2 N–H and O–H groups in total. The molecule has 0 aliphatic carbocycles. The monoisotopic (exact) mass is 392 g/mol. The van der Waals surface area contributed by atoms with E-state index in [-0.39, 0.29) is 29.0 Å². The Morgan fingerprint density at radius 2 is 1.81 bits per heavy atom. The predicted octanol–water partition coefficient (Wildman–Crippen LogP) is 2.59. The van der Waals surface area contributed by atoms with E-state index in [4.69, 9.17) is 9.56 Å². The molecule has 0 saturated heterocycles. The average molecular weight is 392 g/mol. The largest absolute Gasteiger partial charge is 0.466 e. The minimum absolute atomic E-state index is 0.0295. The molecule has 1 aromatic heterocycles. The van der Waals surface area contributed by atoms with Crippen molar-refractivity contribution < 1.29 is 22.4 Å². The van der Waals surface area contributed by atoms with Gasteiger partial charge in [0.25, 0.3) is 0 Å². The minimum atomic E-state index is -3.74. The molecule has 8 heteroatoms. The molecule has 0 spiro atoms. The van der Waals surface area contributed by atoms with Crippen molar-refractivity contribution in [3.05, 3.63) is 53.0 Å². The molecule has 2 aromatic rings.